The van der Waals surface area contributed by atoms with Gasteiger partial charge in [0.15, 0.2) is 5.13 Å². The van der Waals surface area contributed by atoms with Gasteiger partial charge in [-0.25, -0.2) is 13.4 Å². The molecular formula is C13H19N3O2S3. The molecule has 0 saturated heterocycles. The van der Waals surface area contributed by atoms with Gasteiger partial charge in [-0.15, -0.1) is 22.7 Å². The number of sulfonamides is 1. The summed E-state index contributed by atoms with van der Waals surface area (Å²) in [5, 5.41) is 0.422. The third-order valence-electron chi connectivity index (χ3n) is 2.69. The monoisotopic (exact) mass is 345 g/mol. The number of rotatable bonds is 6. The second-order valence-electron chi connectivity index (χ2n) is 5.17. The first-order valence-electron chi connectivity index (χ1n) is 6.58. The minimum atomic E-state index is -3.34. The van der Waals surface area contributed by atoms with Gasteiger partial charge in [-0.05, 0) is 25.0 Å². The lowest BCUT2D eigenvalue weighted by molar-refractivity contribution is 0.587. The predicted molar refractivity (Wildman–Crippen MR) is 90.3 cm³/mol. The second kappa shape index (κ2) is 6.43. The van der Waals surface area contributed by atoms with E-state index in [1.54, 1.807) is 11.3 Å². The van der Waals surface area contributed by atoms with E-state index in [-0.39, 0.29) is 11.7 Å². The number of nitrogens with zero attached hydrogens (tertiary/aromatic N) is 1. The number of aryl methyl sites for hydroxylation is 1. The zero-order chi connectivity index (χ0) is 15.6. The molecule has 0 atom stereocenters. The highest BCUT2D eigenvalue weighted by Crippen LogP contribution is 2.34. The van der Waals surface area contributed by atoms with Gasteiger partial charge < -0.3 is 5.73 Å². The molecule has 0 fully saturated rings. The SMILES string of the molecule is Cc1sc(NS(=O)(=O)CC(C)C)nc1-c1ccc(CN)s1. The molecule has 21 heavy (non-hydrogen) atoms. The molecule has 0 amide bonds. The highest BCUT2D eigenvalue weighted by molar-refractivity contribution is 7.92. The Hall–Kier alpha value is -0.960. The summed E-state index contributed by atoms with van der Waals surface area (Å²) in [6.45, 7) is 6.19. The molecule has 0 aliphatic carbocycles. The lowest BCUT2D eigenvalue weighted by atomic mass is 10.3. The first-order chi connectivity index (χ1) is 9.80. The van der Waals surface area contributed by atoms with E-state index in [9.17, 15) is 8.42 Å². The average Bonchev–Trinajstić information content (AvgIpc) is 2.93. The molecule has 5 nitrogen and oxygen atoms in total. The fourth-order valence-corrected chi connectivity index (χ4v) is 5.39. The van der Waals surface area contributed by atoms with Crippen molar-refractivity contribution in [3.8, 4) is 10.6 Å². The zero-order valence-corrected chi connectivity index (χ0v) is 14.7. The Bertz CT molecular complexity index is 717. The molecule has 0 spiro atoms. The number of anilines is 1. The summed E-state index contributed by atoms with van der Waals surface area (Å²) in [5.74, 6) is 0.171. The van der Waals surface area contributed by atoms with E-state index < -0.39 is 10.0 Å². The van der Waals surface area contributed by atoms with Crippen molar-refractivity contribution >= 4 is 37.8 Å². The second-order valence-corrected chi connectivity index (χ2v) is 9.31. The summed E-state index contributed by atoms with van der Waals surface area (Å²) < 4.78 is 26.5. The maximum absolute atomic E-state index is 12.0. The van der Waals surface area contributed by atoms with Crippen LogP contribution in [0.1, 0.15) is 23.6 Å². The number of aromatic nitrogens is 1. The molecular weight excluding hydrogens is 326 g/mol. The number of thiophene rings is 1. The summed E-state index contributed by atoms with van der Waals surface area (Å²) in [6.07, 6.45) is 0. The molecule has 2 heterocycles. The largest absolute Gasteiger partial charge is 0.326 e. The average molecular weight is 346 g/mol. The number of hydrogen-bond acceptors (Lipinski definition) is 6. The molecule has 8 heteroatoms. The standard InChI is InChI=1S/C13H19N3O2S3/c1-8(2)7-21(17,18)16-13-15-12(9(3)19-13)11-5-4-10(6-14)20-11/h4-5,8H,6-7,14H2,1-3H3,(H,15,16). The highest BCUT2D eigenvalue weighted by Gasteiger charge is 2.17. The molecule has 0 aliphatic rings. The Morgan fingerprint density at radius 1 is 1.33 bits per heavy atom. The highest BCUT2D eigenvalue weighted by atomic mass is 32.2. The van der Waals surface area contributed by atoms with Crippen LogP contribution in [0.25, 0.3) is 10.6 Å². The molecule has 0 aromatic carbocycles. The smallest absolute Gasteiger partial charge is 0.234 e. The number of thiazole rings is 1. The van der Waals surface area contributed by atoms with Gasteiger partial charge in [-0.1, -0.05) is 13.8 Å². The van der Waals surface area contributed by atoms with Gasteiger partial charge in [-0.2, -0.15) is 0 Å². The van der Waals surface area contributed by atoms with Crippen molar-refractivity contribution < 1.29 is 8.42 Å². The van der Waals surface area contributed by atoms with E-state index in [1.807, 2.05) is 32.9 Å². The molecule has 2 rings (SSSR count). The van der Waals surface area contributed by atoms with Crippen LogP contribution in [0.2, 0.25) is 0 Å². The van der Waals surface area contributed by atoms with Crippen LogP contribution in [0.15, 0.2) is 12.1 Å². The summed E-state index contributed by atoms with van der Waals surface area (Å²) in [7, 11) is -3.34. The van der Waals surface area contributed by atoms with Crippen LogP contribution >= 0.6 is 22.7 Å². The lowest BCUT2D eigenvalue weighted by Gasteiger charge is -2.06. The summed E-state index contributed by atoms with van der Waals surface area (Å²) in [4.78, 5) is 7.50. The minimum Gasteiger partial charge on any atom is -0.326 e. The van der Waals surface area contributed by atoms with E-state index in [0.29, 0.717) is 11.7 Å². The Balaban J connectivity index is 2.23. The Morgan fingerprint density at radius 2 is 2.05 bits per heavy atom. The molecule has 116 valence electrons. The van der Waals surface area contributed by atoms with Gasteiger partial charge >= 0.3 is 0 Å². The van der Waals surface area contributed by atoms with Crippen molar-refractivity contribution in [1.29, 1.82) is 0 Å². The Labute approximate surface area is 133 Å². The lowest BCUT2D eigenvalue weighted by Crippen LogP contribution is -2.19. The van der Waals surface area contributed by atoms with E-state index in [4.69, 9.17) is 5.73 Å². The third-order valence-corrected chi connectivity index (χ3v) is 6.43. The van der Waals surface area contributed by atoms with Crippen LogP contribution in [-0.4, -0.2) is 19.2 Å². The third kappa shape index (κ3) is 4.26. The topological polar surface area (TPSA) is 85.1 Å². The van der Waals surface area contributed by atoms with Gasteiger partial charge in [0.1, 0.15) is 0 Å². The van der Waals surface area contributed by atoms with Crippen LogP contribution in [0.4, 0.5) is 5.13 Å². The van der Waals surface area contributed by atoms with Crippen LogP contribution in [0.5, 0.6) is 0 Å². The summed E-state index contributed by atoms with van der Waals surface area (Å²) in [5.41, 5.74) is 6.44. The van der Waals surface area contributed by atoms with Gasteiger partial charge in [0.05, 0.1) is 16.3 Å². The summed E-state index contributed by atoms with van der Waals surface area (Å²) >= 11 is 2.94. The molecule has 0 unspecified atom stereocenters. The van der Waals surface area contributed by atoms with Crippen molar-refractivity contribution in [2.75, 3.05) is 10.5 Å². The molecule has 3 N–H and O–H groups in total. The van der Waals surface area contributed by atoms with Gasteiger partial charge in [0.2, 0.25) is 10.0 Å². The number of nitrogens with two attached hydrogens (primary N) is 1. The molecule has 2 aromatic rings. The zero-order valence-electron chi connectivity index (χ0n) is 12.2. The molecule has 0 bridgehead atoms. The predicted octanol–water partition coefficient (Wildman–Crippen LogP) is 3.04. The van der Waals surface area contributed by atoms with Crippen molar-refractivity contribution in [2.45, 2.75) is 27.3 Å². The number of nitrogens with one attached hydrogen (secondary N) is 1. The Morgan fingerprint density at radius 3 is 2.62 bits per heavy atom. The molecule has 0 radical (unpaired) electrons. The van der Waals surface area contributed by atoms with Crippen LogP contribution in [-0.2, 0) is 16.6 Å². The summed E-state index contributed by atoms with van der Waals surface area (Å²) in [6, 6.07) is 3.95. The normalized spacial score (nSPS) is 12.0. The molecule has 0 saturated carbocycles. The maximum atomic E-state index is 12.0. The minimum absolute atomic E-state index is 0.0763. The van der Waals surface area contributed by atoms with Crippen LogP contribution < -0.4 is 10.5 Å². The van der Waals surface area contributed by atoms with E-state index in [1.165, 1.54) is 11.3 Å². The van der Waals surface area contributed by atoms with Gasteiger partial charge in [0, 0.05) is 16.3 Å². The van der Waals surface area contributed by atoms with Crippen LogP contribution in [0, 0.1) is 12.8 Å². The maximum Gasteiger partial charge on any atom is 0.234 e. The Kier molecular flexibility index (Phi) is 5.03. The first kappa shape index (κ1) is 16.4. The van der Waals surface area contributed by atoms with E-state index in [2.05, 4.69) is 9.71 Å². The molecule has 0 aliphatic heterocycles. The van der Waals surface area contributed by atoms with E-state index in [0.717, 1.165) is 20.3 Å². The van der Waals surface area contributed by atoms with Crippen molar-refractivity contribution in [3.63, 3.8) is 0 Å². The van der Waals surface area contributed by atoms with Crippen molar-refractivity contribution in [3.05, 3.63) is 21.9 Å². The van der Waals surface area contributed by atoms with Crippen molar-refractivity contribution in [1.82, 2.24) is 4.98 Å². The van der Waals surface area contributed by atoms with Crippen molar-refractivity contribution in [2.24, 2.45) is 11.7 Å². The number of hydrogen-bond donors (Lipinski definition) is 2. The first-order valence-corrected chi connectivity index (χ1v) is 9.86. The van der Waals surface area contributed by atoms with Crippen LogP contribution in [0.3, 0.4) is 0 Å². The van der Waals surface area contributed by atoms with Gasteiger partial charge in [-0.3, -0.25) is 4.72 Å². The quantitative estimate of drug-likeness (QED) is 0.842. The fraction of sp³-hybridized carbons (Fsp3) is 0.462. The fourth-order valence-electron chi connectivity index (χ4n) is 1.90. The molecule has 2 aromatic heterocycles. The van der Waals surface area contributed by atoms with E-state index >= 15 is 0 Å². The van der Waals surface area contributed by atoms with Gasteiger partial charge in [0.25, 0.3) is 0 Å².